The summed E-state index contributed by atoms with van der Waals surface area (Å²) in [6.45, 7) is 0.555. The van der Waals surface area contributed by atoms with Crippen molar-refractivity contribution in [3.63, 3.8) is 0 Å². The molecule has 1 aliphatic rings. The smallest absolute Gasteiger partial charge is 0.122 e. The van der Waals surface area contributed by atoms with Crippen molar-refractivity contribution in [3.05, 3.63) is 65.9 Å². The predicted octanol–water partition coefficient (Wildman–Crippen LogP) is 2.97. The molecule has 0 aromatic carbocycles. The average Bonchev–Trinajstić information content (AvgIpc) is 2.62. The average molecular weight is 229 g/mol. The number of methoxy groups -OCH3 is 1. The SMILES string of the molecule is COC1=CC=CCC(OCc2ccncc2)=C1. The van der Waals surface area contributed by atoms with Crippen molar-refractivity contribution in [2.45, 2.75) is 13.0 Å². The van der Waals surface area contributed by atoms with Crippen molar-refractivity contribution >= 4 is 0 Å². The van der Waals surface area contributed by atoms with Crippen LogP contribution in [-0.4, -0.2) is 12.1 Å². The number of nitrogens with zero attached hydrogens (tertiary/aromatic N) is 1. The lowest BCUT2D eigenvalue weighted by Gasteiger charge is -2.09. The van der Waals surface area contributed by atoms with Gasteiger partial charge in [0.25, 0.3) is 0 Å². The van der Waals surface area contributed by atoms with Crippen molar-refractivity contribution in [1.82, 2.24) is 4.98 Å². The molecular formula is C14H15NO2. The number of hydrogen-bond acceptors (Lipinski definition) is 3. The molecule has 3 nitrogen and oxygen atoms in total. The molecule has 3 heteroatoms. The summed E-state index contributed by atoms with van der Waals surface area (Å²) in [5.41, 5.74) is 1.11. The van der Waals surface area contributed by atoms with Crippen molar-refractivity contribution in [1.29, 1.82) is 0 Å². The number of rotatable bonds is 4. The van der Waals surface area contributed by atoms with Gasteiger partial charge in [0.15, 0.2) is 0 Å². The Labute approximate surface area is 101 Å². The fraction of sp³-hybridized carbons (Fsp3) is 0.214. The maximum atomic E-state index is 5.74. The van der Waals surface area contributed by atoms with Gasteiger partial charge in [0.05, 0.1) is 7.11 Å². The zero-order chi connectivity index (χ0) is 11.9. The summed E-state index contributed by atoms with van der Waals surface area (Å²) in [6.07, 6.45) is 12.2. The Bertz CT molecular complexity index is 447. The first-order valence-electron chi connectivity index (χ1n) is 5.51. The maximum Gasteiger partial charge on any atom is 0.122 e. The lowest BCUT2D eigenvalue weighted by molar-refractivity contribution is 0.191. The Balaban J connectivity index is 1.97. The molecule has 1 aromatic heterocycles. The summed E-state index contributed by atoms with van der Waals surface area (Å²) in [6, 6.07) is 3.89. The summed E-state index contributed by atoms with van der Waals surface area (Å²) in [5.74, 6) is 1.71. The molecule has 0 aliphatic heterocycles. The van der Waals surface area contributed by atoms with Crippen LogP contribution in [0.2, 0.25) is 0 Å². The molecule has 0 saturated heterocycles. The molecule has 0 amide bonds. The second-order valence-electron chi connectivity index (χ2n) is 3.66. The van der Waals surface area contributed by atoms with Crippen LogP contribution in [0.25, 0.3) is 0 Å². The molecule has 1 aliphatic carbocycles. The topological polar surface area (TPSA) is 31.4 Å². The van der Waals surface area contributed by atoms with Crippen LogP contribution in [0.4, 0.5) is 0 Å². The third-order valence-electron chi connectivity index (χ3n) is 2.43. The molecule has 0 atom stereocenters. The lowest BCUT2D eigenvalue weighted by Crippen LogP contribution is -1.94. The van der Waals surface area contributed by atoms with E-state index in [1.54, 1.807) is 19.5 Å². The van der Waals surface area contributed by atoms with E-state index in [1.165, 1.54) is 0 Å². The number of allylic oxidation sites excluding steroid dienone is 4. The minimum Gasteiger partial charge on any atom is -0.497 e. The molecule has 0 bridgehead atoms. The number of hydrogen-bond donors (Lipinski definition) is 0. The zero-order valence-corrected chi connectivity index (χ0v) is 9.80. The van der Waals surface area contributed by atoms with E-state index >= 15 is 0 Å². The highest BCUT2D eigenvalue weighted by atomic mass is 16.5. The standard InChI is InChI=1S/C14H15NO2/c1-16-13-4-2-3-5-14(10-13)17-11-12-6-8-15-9-7-12/h2-4,6-10H,5,11H2,1H3. The normalized spacial score (nSPS) is 14.6. The van der Waals surface area contributed by atoms with Crippen molar-refractivity contribution in [3.8, 4) is 0 Å². The Kier molecular flexibility index (Phi) is 3.97. The van der Waals surface area contributed by atoms with Crippen LogP contribution in [0.1, 0.15) is 12.0 Å². The van der Waals surface area contributed by atoms with Gasteiger partial charge in [-0.25, -0.2) is 0 Å². The van der Waals surface area contributed by atoms with E-state index in [2.05, 4.69) is 4.98 Å². The second-order valence-corrected chi connectivity index (χ2v) is 3.66. The van der Waals surface area contributed by atoms with E-state index in [0.29, 0.717) is 6.61 Å². The molecule has 0 fully saturated rings. The van der Waals surface area contributed by atoms with Crippen LogP contribution in [0, 0.1) is 0 Å². The Morgan fingerprint density at radius 3 is 2.88 bits per heavy atom. The van der Waals surface area contributed by atoms with E-state index in [0.717, 1.165) is 23.5 Å². The van der Waals surface area contributed by atoms with Crippen LogP contribution in [0.5, 0.6) is 0 Å². The van der Waals surface area contributed by atoms with Gasteiger partial charge >= 0.3 is 0 Å². The Morgan fingerprint density at radius 1 is 1.29 bits per heavy atom. The van der Waals surface area contributed by atoms with Gasteiger partial charge < -0.3 is 9.47 Å². The minimum absolute atomic E-state index is 0.555. The zero-order valence-electron chi connectivity index (χ0n) is 9.80. The molecular weight excluding hydrogens is 214 g/mol. The molecule has 88 valence electrons. The van der Waals surface area contributed by atoms with E-state index in [4.69, 9.17) is 9.47 Å². The van der Waals surface area contributed by atoms with Gasteiger partial charge in [-0.15, -0.1) is 0 Å². The number of ether oxygens (including phenoxy) is 2. The van der Waals surface area contributed by atoms with E-state index in [9.17, 15) is 0 Å². The van der Waals surface area contributed by atoms with E-state index in [1.807, 2.05) is 36.4 Å². The molecule has 0 unspecified atom stereocenters. The summed E-state index contributed by atoms with van der Waals surface area (Å²) in [5, 5.41) is 0. The van der Waals surface area contributed by atoms with Gasteiger partial charge in [0.1, 0.15) is 18.1 Å². The third-order valence-corrected chi connectivity index (χ3v) is 2.43. The Hall–Kier alpha value is -2.03. The van der Waals surface area contributed by atoms with Crippen molar-refractivity contribution < 1.29 is 9.47 Å². The van der Waals surface area contributed by atoms with Gasteiger partial charge in [-0.05, 0) is 23.8 Å². The van der Waals surface area contributed by atoms with Gasteiger partial charge in [-0.3, -0.25) is 4.98 Å². The molecule has 17 heavy (non-hydrogen) atoms. The first kappa shape index (κ1) is 11.5. The maximum absolute atomic E-state index is 5.74. The summed E-state index contributed by atoms with van der Waals surface area (Å²) < 4.78 is 10.9. The van der Waals surface area contributed by atoms with Crippen LogP contribution in [-0.2, 0) is 16.1 Å². The lowest BCUT2D eigenvalue weighted by atomic mass is 10.3. The fourth-order valence-corrected chi connectivity index (χ4v) is 1.50. The minimum atomic E-state index is 0.555. The summed E-state index contributed by atoms with van der Waals surface area (Å²) in [4.78, 5) is 3.97. The van der Waals surface area contributed by atoms with Crippen LogP contribution in [0.3, 0.4) is 0 Å². The van der Waals surface area contributed by atoms with Crippen LogP contribution in [0.15, 0.2) is 60.3 Å². The van der Waals surface area contributed by atoms with Gasteiger partial charge in [0.2, 0.25) is 0 Å². The summed E-state index contributed by atoms with van der Waals surface area (Å²) in [7, 11) is 1.65. The molecule has 1 heterocycles. The van der Waals surface area contributed by atoms with Crippen LogP contribution < -0.4 is 0 Å². The first-order valence-corrected chi connectivity index (χ1v) is 5.51. The quantitative estimate of drug-likeness (QED) is 0.795. The third kappa shape index (κ3) is 3.48. The van der Waals surface area contributed by atoms with Crippen molar-refractivity contribution in [2.24, 2.45) is 0 Å². The molecule has 1 aromatic rings. The molecule has 0 saturated carbocycles. The van der Waals surface area contributed by atoms with Gasteiger partial charge in [0, 0.05) is 24.9 Å². The fourth-order valence-electron chi connectivity index (χ4n) is 1.50. The van der Waals surface area contributed by atoms with Crippen molar-refractivity contribution in [2.75, 3.05) is 7.11 Å². The molecule has 0 N–H and O–H groups in total. The van der Waals surface area contributed by atoms with Crippen LogP contribution >= 0.6 is 0 Å². The second kappa shape index (κ2) is 5.89. The highest BCUT2D eigenvalue weighted by Crippen LogP contribution is 2.15. The van der Waals surface area contributed by atoms with E-state index < -0.39 is 0 Å². The predicted molar refractivity (Wildman–Crippen MR) is 66.0 cm³/mol. The monoisotopic (exact) mass is 229 g/mol. The summed E-state index contributed by atoms with van der Waals surface area (Å²) >= 11 is 0. The number of aromatic nitrogens is 1. The molecule has 0 spiro atoms. The first-order chi connectivity index (χ1) is 8.38. The molecule has 0 radical (unpaired) electrons. The highest BCUT2D eigenvalue weighted by molar-refractivity contribution is 5.25. The molecule has 2 rings (SSSR count). The van der Waals surface area contributed by atoms with E-state index in [-0.39, 0.29) is 0 Å². The highest BCUT2D eigenvalue weighted by Gasteiger charge is 2.02. The van der Waals surface area contributed by atoms with Gasteiger partial charge in [-0.2, -0.15) is 0 Å². The number of pyridine rings is 1. The largest absolute Gasteiger partial charge is 0.497 e. The Morgan fingerprint density at radius 2 is 2.12 bits per heavy atom. The van der Waals surface area contributed by atoms with Gasteiger partial charge in [-0.1, -0.05) is 12.2 Å².